The number of para-hydroxylation sites is 2. The van der Waals surface area contributed by atoms with Gasteiger partial charge in [0.1, 0.15) is 5.82 Å². The summed E-state index contributed by atoms with van der Waals surface area (Å²) in [4.78, 5) is 17.3. The first-order valence-corrected chi connectivity index (χ1v) is 11.0. The molecular weight excluding hydrogens is 418 g/mol. The normalized spacial score (nSPS) is 11.2. The monoisotopic (exact) mass is 439 g/mol. The predicted molar refractivity (Wildman–Crippen MR) is 130 cm³/mol. The van der Waals surface area contributed by atoms with E-state index in [-0.39, 0.29) is 5.91 Å². The van der Waals surface area contributed by atoms with Gasteiger partial charge in [-0.25, -0.2) is 4.98 Å². The molecule has 5 rings (SSSR count). The molecule has 0 bridgehead atoms. The number of nitrogens with zero attached hydrogens (tertiary/aromatic N) is 2. The summed E-state index contributed by atoms with van der Waals surface area (Å²) in [5.74, 6) is 0.770. The number of amides is 1. The largest absolute Gasteiger partial charge is 0.352 e. The van der Waals surface area contributed by atoms with E-state index < -0.39 is 0 Å². The van der Waals surface area contributed by atoms with Crippen LogP contribution in [0.2, 0.25) is 5.02 Å². The van der Waals surface area contributed by atoms with E-state index in [1.807, 2.05) is 30.3 Å². The van der Waals surface area contributed by atoms with Gasteiger partial charge in [0.05, 0.1) is 21.6 Å². The molecule has 0 saturated heterocycles. The zero-order chi connectivity index (χ0) is 21.9. The molecule has 0 aliphatic rings. The van der Waals surface area contributed by atoms with Crippen molar-refractivity contribution in [2.75, 3.05) is 6.54 Å². The maximum absolute atomic E-state index is 12.5. The maximum Gasteiger partial charge on any atom is 0.252 e. The molecule has 0 aliphatic carbocycles. The molecule has 32 heavy (non-hydrogen) atoms. The van der Waals surface area contributed by atoms with E-state index in [2.05, 4.69) is 58.4 Å². The molecule has 0 aliphatic heterocycles. The van der Waals surface area contributed by atoms with Crippen molar-refractivity contribution in [2.45, 2.75) is 13.0 Å². The second-order valence-electron chi connectivity index (χ2n) is 7.77. The van der Waals surface area contributed by atoms with Crippen LogP contribution in [0, 0.1) is 0 Å². The van der Waals surface area contributed by atoms with E-state index >= 15 is 0 Å². The molecule has 0 spiro atoms. The van der Waals surface area contributed by atoms with Crippen molar-refractivity contribution in [2.24, 2.45) is 0 Å². The first kappa shape index (κ1) is 20.3. The van der Waals surface area contributed by atoms with Crippen LogP contribution in [0.3, 0.4) is 0 Å². The minimum atomic E-state index is -0.173. The van der Waals surface area contributed by atoms with Gasteiger partial charge in [0, 0.05) is 19.5 Å². The lowest BCUT2D eigenvalue weighted by Crippen LogP contribution is -2.26. The summed E-state index contributed by atoms with van der Waals surface area (Å²) >= 11 is 6.15. The van der Waals surface area contributed by atoms with E-state index in [1.54, 1.807) is 12.1 Å². The van der Waals surface area contributed by atoms with Crippen molar-refractivity contribution in [3.05, 3.63) is 113 Å². The summed E-state index contributed by atoms with van der Waals surface area (Å²) in [7, 11) is 0. The Kier molecular flexibility index (Phi) is 5.61. The Bertz CT molecular complexity index is 1420. The molecular formula is C27H22ClN3O. The number of fused-ring (bicyclic) bond motifs is 2. The minimum absolute atomic E-state index is 0.173. The Hall–Kier alpha value is -3.63. The Morgan fingerprint density at radius 3 is 2.50 bits per heavy atom. The molecule has 1 N–H and O–H groups in total. The van der Waals surface area contributed by atoms with E-state index in [9.17, 15) is 4.79 Å². The Balaban J connectivity index is 1.39. The lowest BCUT2D eigenvalue weighted by Gasteiger charge is -2.11. The van der Waals surface area contributed by atoms with Crippen LogP contribution in [-0.4, -0.2) is 22.0 Å². The third kappa shape index (κ3) is 4.10. The number of aromatic nitrogens is 2. The smallest absolute Gasteiger partial charge is 0.252 e. The van der Waals surface area contributed by atoms with Crippen molar-refractivity contribution in [3.8, 4) is 0 Å². The highest BCUT2D eigenvalue weighted by molar-refractivity contribution is 6.33. The molecule has 1 amide bonds. The molecule has 0 saturated carbocycles. The highest BCUT2D eigenvalue weighted by atomic mass is 35.5. The number of nitrogens with one attached hydrogen (secondary N) is 1. The maximum atomic E-state index is 12.5. The first-order chi connectivity index (χ1) is 15.7. The van der Waals surface area contributed by atoms with E-state index in [0.29, 0.717) is 23.6 Å². The van der Waals surface area contributed by atoms with Gasteiger partial charge in [0.2, 0.25) is 0 Å². The van der Waals surface area contributed by atoms with Crippen molar-refractivity contribution in [3.63, 3.8) is 0 Å². The highest BCUT2D eigenvalue weighted by Gasteiger charge is 2.13. The fraction of sp³-hybridized carbons (Fsp3) is 0.111. The van der Waals surface area contributed by atoms with Crippen LogP contribution >= 0.6 is 11.6 Å². The topological polar surface area (TPSA) is 46.9 Å². The fourth-order valence-electron chi connectivity index (χ4n) is 4.04. The zero-order valence-corrected chi connectivity index (χ0v) is 18.2. The highest BCUT2D eigenvalue weighted by Crippen LogP contribution is 2.21. The van der Waals surface area contributed by atoms with Gasteiger partial charge < -0.3 is 9.88 Å². The second-order valence-corrected chi connectivity index (χ2v) is 8.18. The van der Waals surface area contributed by atoms with Gasteiger partial charge >= 0.3 is 0 Å². The van der Waals surface area contributed by atoms with Gasteiger partial charge in [0.15, 0.2) is 0 Å². The summed E-state index contributed by atoms with van der Waals surface area (Å²) in [6.45, 7) is 1.20. The number of hydrogen-bond acceptors (Lipinski definition) is 2. The Morgan fingerprint density at radius 1 is 0.875 bits per heavy atom. The Labute approximate surface area is 191 Å². The average molecular weight is 440 g/mol. The molecule has 5 heteroatoms. The molecule has 1 aromatic heterocycles. The number of halogens is 1. The van der Waals surface area contributed by atoms with Gasteiger partial charge in [0.25, 0.3) is 5.91 Å². The number of benzene rings is 4. The van der Waals surface area contributed by atoms with Crippen LogP contribution in [0.25, 0.3) is 21.8 Å². The van der Waals surface area contributed by atoms with Crippen molar-refractivity contribution < 1.29 is 4.79 Å². The SMILES string of the molecule is O=C(NCCc1nc2ccccc2n1Cc1ccc2ccccc2c1)c1ccccc1Cl. The number of carbonyl (C=O) groups excluding carboxylic acids is 1. The van der Waals surface area contributed by atoms with Crippen LogP contribution in [0.4, 0.5) is 0 Å². The molecule has 0 atom stereocenters. The molecule has 5 aromatic rings. The van der Waals surface area contributed by atoms with Crippen LogP contribution in [0.1, 0.15) is 21.7 Å². The summed E-state index contributed by atoms with van der Waals surface area (Å²) in [6, 6.07) is 30.2. The molecule has 1 heterocycles. The average Bonchev–Trinajstić information content (AvgIpc) is 3.16. The van der Waals surface area contributed by atoms with Gasteiger partial charge in [-0.1, -0.05) is 72.3 Å². The number of imidazole rings is 1. The van der Waals surface area contributed by atoms with Crippen LogP contribution in [-0.2, 0) is 13.0 Å². The van der Waals surface area contributed by atoms with Crippen LogP contribution < -0.4 is 5.32 Å². The summed E-state index contributed by atoms with van der Waals surface area (Å²) in [5, 5.41) is 5.88. The first-order valence-electron chi connectivity index (χ1n) is 10.6. The van der Waals surface area contributed by atoms with Gasteiger partial charge in [-0.05, 0) is 46.7 Å². The van der Waals surface area contributed by atoms with Gasteiger partial charge in [-0.3, -0.25) is 4.79 Å². The predicted octanol–water partition coefficient (Wildman–Crippen LogP) is 5.86. The standard InChI is InChI=1S/C27H22ClN3O/c28-23-10-4-3-9-22(23)27(32)29-16-15-26-30-24-11-5-6-12-25(24)31(26)18-19-13-14-20-7-1-2-8-21(20)17-19/h1-14,17H,15-16,18H2,(H,29,32). The third-order valence-electron chi connectivity index (χ3n) is 5.64. The molecule has 158 valence electrons. The summed E-state index contributed by atoms with van der Waals surface area (Å²) < 4.78 is 2.24. The van der Waals surface area contributed by atoms with Crippen molar-refractivity contribution in [1.82, 2.24) is 14.9 Å². The van der Waals surface area contributed by atoms with Gasteiger partial charge in [-0.2, -0.15) is 0 Å². The van der Waals surface area contributed by atoms with Gasteiger partial charge in [-0.15, -0.1) is 0 Å². The van der Waals surface area contributed by atoms with Crippen molar-refractivity contribution in [1.29, 1.82) is 0 Å². The van der Waals surface area contributed by atoms with E-state index in [1.165, 1.54) is 16.3 Å². The van der Waals surface area contributed by atoms with E-state index in [4.69, 9.17) is 16.6 Å². The lowest BCUT2D eigenvalue weighted by molar-refractivity contribution is 0.0954. The van der Waals surface area contributed by atoms with Crippen LogP contribution in [0.15, 0.2) is 91.0 Å². The molecule has 0 radical (unpaired) electrons. The third-order valence-corrected chi connectivity index (χ3v) is 5.97. The zero-order valence-electron chi connectivity index (χ0n) is 17.5. The van der Waals surface area contributed by atoms with E-state index in [0.717, 1.165) is 23.4 Å². The summed E-state index contributed by atoms with van der Waals surface area (Å²) in [5.41, 5.74) is 3.75. The molecule has 4 aromatic carbocycles. The summed E-state index contributed by atoms with van der Waals surface area (Å²) in [6.07, 6.45) is 0.623. The number of hydrogen-bond donors (Lipinski definition) is 1. The second kappa shape index (κ2) is 8.85. The number of carbonyl (C=O) groups is 1. The van der Waals surface area contributed by atoms with Crippen molar-refractivity contribution >= 4 is 39.3 Å². The molecule has 4 nitrogen and oxygen atoms in total. The van der Waals surface area contributed by atoms with Crippen LogP contribution in [0.5, 0.6) is 0 Å². The quantitative estimate of drug-likeness (QED) is 0.360. The molecule has 0 fully saturated rings. The molecule has 0 unspecified atom stereocenters. The lowest BCUT2D eigenvalue weighted by atomic mass is 10.1. The fourth-order valence-corrected chi connectivity index (χ4v) is 4.26. The Morgan fingerprint density at radius 2 is 1.62 bits per heavy atom. The number of rotatable bonds is 6. The minimum Gasteiger partial charge on any atom is -0.352 e.